The van der Waals surface area contributed by atoms with Gasteiger partial charge in [-0.25, -0.2) is 4.79 Å². The Morgan fingerprint density at radius 1 is 1.09 bits per heavy atom. The highest BCUT2D eigenvalue weighted by molar-refractivity contribution is 5.80. The van der Waals surface area contributed by atoms with Gasteiger partial charge in [0.25, 0.3) is 0 Å². The number of carbonyl (C=O) groups excluding carboxylic acids is 1. The van der Waals surface area contributed by atoms with Gasteiger partial charge in [0.1, 0.15) is 0 Å². The Labute approximate surface area is 189 Å². The van der Waals surface area contributed by atoms with Crippen LogP contribution >= 0.6 is 0 Å². The van der Waals surface area contributed by atoms with Gasteiger partial charge in [-0.3, -0.25) is 4.99 Å². The first-order valence-electron chi connectivity index (χ1n) is 11.6. The zero-order chi connectivity index (χ0) is 22.4. The molecule has 3 aliphatic heterocycles. The highest BCUT2D eigenvalue weighted by Gasteiger charge is 2.36. The molecule has 176 valence electrons. The van der Waals surface area contributed by atoms with E-state index in [0.29, 0.717) is 26.2 Å². The lowest BCUT2D eigenvalue weighted by atomic mass is 9.74. The number of nitrogens with zero attached hydrogens (tertiary/aromatic N) is 3. The van der Waals surface area contributed by atoms with Gasteiger partial charge in [0, 0.05) is 51.4 Å². The summed E-state index contributed by atoms with van der Waals surface area (Å²) in [6.07, 6.45) is 1.58. The van der Waals surface area contributed by atoms with E-state index in [2.05, 4.69) is 29.3 Å². The summed E-state index contributed by atoms with van der Waals surface area (Å²) < 4.78 is 21.9. The normalized spacial score (nSPS) is 20.2. The quantitative estimate of drug-likeness (QED) is 0.548. The minimum Gasteiger partial charge on any atom is -0.454 e. The molecule has 1 N–H and O–H groups in total. The number of guanidine groups is 1. The van der Waals surface area contributed by atoms with Crippen molar-refractivity contribution >= 4 is 12.1 Å². The molecule has 0 aromatic heterocycles. The number of fused-ring (bicyclic) bond motifs is 1. The second kappa shape index (κ2) is 10.3. The van der Waals surface area contributed by atoms with Crippen molar-refractivity contribution in [2.45, 2.75) is 32.1 Å². The van der Waals surface area contributed by atoms with Gasteiger partial charge in [-0.1, -0.05) is 6.07 Å². The van der Waals surface area contributed by atoms with E-state index >= 15 is 0 Å². The molecule has 2 saturated heterocycles. The molecule has 3 heterocycles. The van der Waals surface area contributed by atoms with Crippen molar-refractivity contribution in [2.75, 3.05) is 65.9 Å². The van der Waals surface area contributed by atoms with Gasteiger partial charge >= 0.3 is 6.09 Å². The molecular weight excluding hydrogens is 412 g/mol. The van der Waals surface area contributed by atoms with Crippen molar-refractivity contribution in [3.63, 3.8) is 0 Å². The third kappa shape index (κ3) is 4.87. The van der Waals surface area contributed by atoms with E-state index in [1.807, 2.05) is 13.0 Å². The van der Waals surface area contributed by atoms with Gasteiger partial charge in [-0.05, 0) is 44.4 Å². The number of amides is 1. The van der Waals surface area contributed by atoms with E-state index in [4.69, 9.17) is 23.9 Å². The third-order valence-electron chi connectivity index (χ3n) is 6.41. The fourth-order valence-corrected chi connectivity index (χ4v) is 4.49. The van der Waals surface area contributed by atoms with Gasteiger partial charge in [0.05, 0.1) is 13.2 Å². The summed E-state index contributed by atoms with van der Waals surface area (Å²) in [7, 11) is 0. The van der Waals surface area contributed by atoms with E-state index in [9.17, 15) is 4.79 Å². The molecule has 0 atom stereocenters. The van der Waals surface area contributed by atoms with Gasteiger partial charge in [0.2, 0.25) is 6.79 Å². The summed E-state index contributed by atoms with van der Waals surface area (Å²) in [4.78, 5) is 21.1. The van der Waals surface area contributed by atoms with Crippen LogP contribution in [0.15, 0.2) is 23.2 Å². The van der Waals surface area contributed by atoms with Crippen LogP contribution in [0.1, 0.15) is 32.3 Å². The predicted molar refractivity (Wildman–Crippen MR) is 120 cm³/mol. The molecule has 32 heavy (non-hydrogen) atoms. The lowest BCUT2D eigenvalue weighted by Gasteiger charge is -2.38. The van der Waals surface area contributed by atoms with Crippen LogP contribution in [0.25, 0.3) is 0 Å². The molecule has 0 saturated carbocycles. The maximum atomic E-state index is 12.0. The van der Waals surface area contributed by atoms with Crippen molar-refractivity contribution in [1.82, 2.24) is 15.1 Å². The van der Waals surface area contributed by atoms with E-state index in [0.717, 1.165) is 63.1 Å². The second-order valence-electron chi connectivity index (χ2n) is 8.30. The first-order valence-corrected chi connectivity index (χ1v) is 11.6. The molecule has 0 spiro atoms. The second-order valence-corrected chi connectivity index (χ2v) is 8.30. The van der Waals surface area contributed by atoms with Crippen LogP contribution in [-0.2, 0) is 14.9 Å². The summed E-state index contributed by atoms with van der Waals surface area (Å²) >= 11 is 0. The minimum absolute atomic E-state index is 0.105. The van der Waals surface area contributed by atoms with Crippen LogP contribution in [0, 0.1) is 0 Å². The van der Waals surface area contributed by atoms with E-state index in [1.165, 1.54) is 5.56 Å². The van der Waals surface area contributed by atoms with Crippen molar-refractivity contribution in [2.24, 2.45) is 4.99 Å². The third-order valence-corrected chi connectivity index (χ3v) is 6.41. The number of hydrogen-bond acceptors (Lipinski definition) is 6. The smallest absolute Gasteiger partial charge is 0.409 e. The number of carbonyl (C=O) groups is 1. The highest BCUT2D eigenvalue weighted by atomic mass is 16.7. The van der Waals surface area contributed by atoms with Gasteiger partial charge < -0.3 is 34.1 Å². The molecule has 3 aliphatic rings. The monoisotopic (exact) mass is 446 g/mol. The molecule has 0 aliphatic carbocycles. The van der Waals surface area contributed by atoms with Crippen LogP contribution in [0.3, 0.4) is 0 Å². The first kappa shape index (κ1) is 22.5. The minimum atomic E-state index is -0.238. The number of rotatable bonds is 5. The van der Waals surface area contributed by atoms with Crippen molar-refractivity contribution < 1.29 is 23.7 Å². The van der Waals surface area contributed by atoms with Crippen LogP contribution < -0.4 is 14.8 Å². The molecule has 1 aromatic rings. The summed E-state index contributed by atoms with van der Waals surface area (Å²) in [6, 6.07) is 6.24. The van der Waals surface area contributed by atoms with E-state index in [1.54, 1.807) is 4.90 Å². The molecule has 9 heteroatoms. The van der Waals surface area contributed by atoms with Gasteiger partial charge in [0.15, 0.2) is 17.5 Å². The van der Waals surface area contributed by atoms with Gasteiger partial charge in [-0.15, -0.1) is 0 Å². The molecule has 4 rings (SSSR count). The van der Waals surface area contributed by atoms with Crippen LogP contribution in [0.5, 0.6) is 11.5 Å². The van der Waals surface area contributed by atoms with Crippen molar-refractivity contribution in [3.8, 4) is 11.5 Å². The van der Waals surface area contributed by atoms with Crippen LogP contribution in [-0.4, -0.2) is 87.7 Å². The topological polar surface area (TPSA) is 84.9 Å². The number of nitrogens with one attached hydrogen (secondary N) is 1. The fourth-order valence-electron chi connectivity index (χ4n) is 4.49. The van der Waals surface area contributed by atoms with Gasteiger partial charge in [-0.2, -0.15) is 0 Å². The Morgan fingerprint density at radius 2 is 1.81 bits per heavy atom. The van der Waals surface area contributed by atoms with E-state index in [-0.39, 0.29) is 18.3 Å². The predicted octanol–water partition coefficient (Wildman–Crippen LogP) is 2.20. The molecule has 2 fully saturated rings. The largest absolute Gasteiger partial charge is 0.454 e. The Morgan fingerprint density at radius 3 is 2.53 bits per heavy atom. The average molecular weight is 447 g/mol. The molecule has 9 nitrogen and oxygen atoms in total. The SMILES string of the molecule is CCNC(=NCC1(c2ccc3c(c2)OCO3)CCOCC1)N1CCN(C(=O)OCC)CC1. The number of piperazine rings is 1. The molecule has 0 bridgehead atoms. The summed E-state index contributed by atoms with van der Waals surface area (Å²) in [6.45, 7) is 10.2. The Balaban J connectivity index is 1.49. The molecule has 0 radical (unpaired) electrons. The summed E-state index contributed by atoms with van der Waals surface area (Å²) in [5.41, 5.74) is 1.11. The van der Waals surface area contributed by atoms with Crippen molar-refractivity contribution in [3.05, 3.63) is 23.8 Å². The molecule has 0 unspecified atom stereocenters. The number of hydrogen-bond donors (Lipinski definition) is 1. The molecule has 1 aromatic carbocycles. The lowest BCUT2D eigenvalue weighted by Crippen LogP contribution is -2.54. The maximum Gasteiger partial charge on any atom is 0.409 e. The van der Waals surface area contributed by atoms with Crippen LogP contribution in [0.2, 0.25) is 0 Å². The number of aliphatic imine (C=N–C) groups is 1. The Bertz CT molecular complexity index is 817. The standard InChI is InChI=1S/C23H34N4O5/c1-3-24-21(26-9-11-27(12-10-26)22(28)30-4-2)25-16-23(7-13-29-14-8-23)18-5-6-19-20(15-18)32-17-31-19/h5-6,15H,3-4,7-14,16-17H2,1-2H3,(H,24,25). The fraction of sp³-hybridized carbons (Fsp3) is 0.652. The summed E-state index contributed by atoms with van der Waals surface area (Å²) in [5.74, 6) is 2.49. The highest BCUT2D eigenvalue weighted by Crippen LogP contribution is 2.41. The van der Waals surface area contributed by atoms with Crippen molar-refractivity contribution in [1.29, 1.82) is 0 Å². The maximum absolute atomic E-state index is 12.0. The Kier molecular flexibility index (Phi) is 7.24. The zero-order valence-corrected chi connectivity index (χ0v) is 19.1. The molecular formula is C23H34N4O5. The number of ether oxygens (including phenoxy) is 4. The average Bonchev–Trinajstić information content (AvgIpc) is 3.31. The molecule has 1 amide bonds. The zero-order valence-electron chi connectivity index (χ0n) is 19.1. The van der Waals surface area contributed by atoms with Crippen LogP contribution in [0.4, 0.5) is 4.79 Å². The lowest BCUT2D eigenvalue weighted by molar-refractivity contribution is 0.0529. The first-order chi connectivity index (χ1) is 15.6. The summed E-state index contributed by atoms with van der Waals surface area (Å²) in [5, 5.41) is 3.44. The van der Waals surface area contributed by atoms with E-state index < -0.39 is 0 Å². The Hall–Kier alpha value is -2.68. The number of benzene rings is 1.